The lowest BCUT2D eigenvalue weighted by atomic mass is 9.80. The highest BCUT2D eigenvalue weighted by molar-refractivity contribution is 6.61. The summed E-state index contributed by atoms with van der Waals surface area (Å²) in [6.45, 7) is 8.02. The summed E-state index contributed by atoms with van der Waals surface area (Å²) in [5.74, 6) is 2.61. The fraction of sp³-hybridized carbons (Fsp3) is 0.500. The number of anilines is 1. The van der Waals surface area contributed by atoms with Crippen LogP contribution in [0.4, 0.5) is 5.69 Å². The van der Waals surface area contributed by atoms with Crippen LogP contribution in [0, 0.1) is 12.3 Å². The van der Waals surface area contributed by atoms with E-state index in [0.29, 0.717) is 17.7 Å². The van der Waals surface area contributed by atoms with Crippen molar-refractivity contribution in [3.63, 3.8) is 0 Å². The molecule has 0 saturated carbocycles. The number of terminal acetylenes is 1. The molecule has 5 heteroatoms. The highest BCUT2D eigenvalue weighted by Crippen LogP contribution is 2.36. The van der Waals surface area contributed by atoms with Crippen LogP contribution >= 0.6 is 0 Å². The molecule has 0 aliphatic carbocycles. The Balaban J connectivity index is 2.37. The summed E-state index contributed by atoms with van der Waals surface area (Å²) < 4.78 is 12.0. The fourth-order valence-corrected chi connectivity index (χ4v) is 1.96. The third kappa shape index (κ3) is 2.47. The van der Waals surface area contributed by atoms with Gasteiger partial charge in [-0.05, 0) is 39.3 Å². The predicted octanol–water partition coefficient (Wildman–Crippen LogP) is 1.14. The zero-order valence-electron chi connectivity index (χ0n) is 11.9. The van der Waals surface area contributed by atoms with Crippen molar-refractivity contribution in [1.82, 2.24) is 4.98 Å². The molecule has 2 N–H and O–H groups in total. The number of nitrogens with two attached hydrogens (primary N) is 1. The van der Waals surface area contributed by atoms with Gasteiger partial charge in [0.25, 0.3) is 0 Å². The Hall–Kier alpha value is -1.51. The van der Waals surface area contributed by atoms with Crippen molar-refractivity contribution in [2.75, 3.05) is 5.73 Å². The number of pyridine rings is 1. The molecule has 0 aromatic carbocycles. The van der Waals surface area contributed by atoms with Crippen LogP contribution in [0.1, 0.15) is 33.3 Å². The SMILES string of the molecule is C#CCc1cc(N)cnc1B1OC(C)(C)C(C)(C)O1. The molecular weight excluding hydrogens is 239 g/mol. The molecule has 1 aromatic rings. The van der Waals surface area contributed by atoms with Gasteiger partial charge in [-0.15, -0.1) is 12.3 Å². The topological polar surface area (TPSA) is 57.4 Å². The Kier molecular flexibility index (Phi) is 3.33. The summed E-state index contributed by atoms with van der Waals surface area (Å²) in [4.78, 5) is 4.34. The average molecular weight is 258 g/mol. The Bertz CT molecular complexity index is 519. The lowest BCUT2D eigenvalue weighted by molar-refractivity contribution is 0.00578. The van der Waals surface area contributed by atoms with E-state index in [0.717, 1.165) is 5.56 Å². The number of nitrogens with zero attached hydrogens (tertiary/aromatic N) is 1. The van der Waals surface area contributed by atoms with Gasteiger partial charge >= 0.3 is 7.12 Å². The molecule has 0 radical (unpaired) electrons. The molecule has 1 aliphatic heterocycles. The van der Waals surface area contributed by atoms with Crippen LogP contribution in [-0.4, -0.2) is 23.3 Å². The van der Waals surface area contributed by atoms with Gasteiger partial charge in [0.15, 0.2) is 0 Å². The summed E-state index contributed by atoms with van der Waals surface area (Å²) in [7, 11) is -0.506. The van der Waals surface area contributed by atoms with Gasteiger partial charge in [0.2, 0.25) is 0 Å². The first-order chi connectivity index (χ1) is 8.77. The van der Waals surface area contributed by atoms with Crippen molar-refractivity contribution in [2.24, 2.45) is 0 Å². The molecular formula is C14H19BN2O2. The number of nitrogen functional groups attached to an aromatic ring is 1. The highest BCUT2D eigenvalue weighted by atomic mass is 16.7. The molecule has 2 rings (SSSR count). The van der Waals surface area contributed by atoms with E-state index in [1.807, 2.05) is 33.8 Å². The lowest BCUT2D eigenvalue weighted by Crippen LogP contribution is -2.41. The maximum absolute atomic E-state index is 5.98. The van der Waals surface area contributed by atoms with Crippen LogP contribution in [0.5, 0.6) is 0 Å². The maximum Gasteiger partial charge on any atom is 0.514 e. The number of hydrogen-bond acceptors (Lipinski definition) is 4. The molecule has 1 aromatic heterocycles. The van der Waals surface area contributed by atoms with Crippen LogP contribution in [0.15, 0.2) is 12.3 Å². The van der Waals surface area contributed by atoms with E-state index in [-0.39, 0.29) is 0 Å². The smallest absolute Gasteiger partial charge is 0.398 e. The zero-order chi connectivity index (χ0) is 14.3. The molecule has 0 unspecified atom stereocenters. The summed E-state index contributed by atoms with van der Waals surface area (Å²) in [5, 5.41) is 0. The Morgan fingerprint density at radius 2 is 1.89 bits per heavy atom. The summed E-state index contributed by atoms with van der Waals surface area (Å²) in [6, 6.07) is 1.83. The van der Waals surface area contributed by atoms with E-state index in [9.17, 15) is 0 Å². The monoisotopic (exact) mass is 258 g/mol. The largest absolute Gasteiger partial charge is 0.514 e. The van der Waals surface area contributed by atoms with Crippen LogP contribution in [0.3, 0.4) is 0 Å². The molecule has 2 heterocycles. The predicted molar refractivity (Wildman–Crippen MR) is 76.9 cm³/mol. The Morgan fingerprint density at radius 1 is 1.32 bits per heavy atom. The van der Waals surface area contributed by atoms with Crippen molar-refractivity contribution in [3.05, 3.63) is 17.8 Å². The van der Waals surface area contributed by atoms with Crippen LogP contribution in [-0.2, 0) is 15.7 Å². The average Bonchev–Trinajstić information content (AvgIpc) is 2.48. The zero-order valence-corrected chi connectivity index (χ0v) is 11.9. The van der Waals surface area contributed by atoms with Crippen molar-refractivity contribution >= 4 is 18.4 Å². The minimum Gasteiger partial charge on any atom is -0.398 e. The van der Waals surface area contributed by atoms with Crippen LogP contribution in [0.2, 0.25) is 0 Å². The number of aromatic nitrogens is 1. The van der Waals surface area contributed by atoms with E-state index in [1.54, 1.807) is 6.20 Å². The first-order valence-electron chi connectivity index (χ1n) is 6.30. The molecule has 0 spiro atoms. The van der Waals surface area contributed by atoms with E-state index < -0.39 is 18.3 Å². The van der Waals surface area contributed by atoms with Gasteiger partial charge in [-0.25, -0.2) is 0 Å². The molecule has 1 fully saturated rings. The van der Waals surface area contributed by atoms with E-state index in [4.69, 9.17) is 21.5 Å². The van der Waals surface area contributed by atoms with Gasteiger partial charge < -0.3 is 15.0 Å². The normalized spacial score (nSPS) is 20.3. The second-order valence-corrected chi connectivity index (χ2v) is 5.78. The first-order valence-corrected chi connectivity index (χ1v) is 6.30. The second kappa shape index (κ2) is 4.55. The van der Waals surface area contributed by atoms with E-state index >= 15 is 0 Å². The van der Waals surface area contributed by atoms with Crippen molar-refractivity contribution in [1.29, 1.82) is 0 Å². The quantitative estimate of drug-likeness (QED) is 0.638. The third-order valence-corrected chi connectivity index (χ3v) is 3.79. The fourth-order valence-electron chi connectivity index (χ4n) is 1.96. The van der Waals surface area contributed by atoms with Crippen molar-refractivity contribution in [2.45, 2.75) is 45.3 Å². The van der Waals surface area contributed by atoms with Gasteiger partial charge in [0.1, 0.15) is 0 Å². The molecule has 0 atom stereocenters. The Morgan fingerprint density at radius 3 is 2.42 bits per heavy atom. The minimum absolute atomic E-state index is 0.395. The molecule has 100 valence electrons. The van der Waals surface area contributed by atoms with Crippen molar-refractivity contribution in [3.8, 4) is 12.3 Å². The summed E-state index contributed by atoms with van der Waals surface area (Å²) in [6.07, 6.45) is 7.44. The molecule has 1 saturated heterocycles. The number of rotatable bonds is 2. The second-order valence-electron chi connectivity index (χ2n) is 5.78. The van der Waals surface area contributed by atoms with Gasteiger partial charge in [-0.3, -0.25) is 4.98 Å². The number of hydrogen-bond donors (Lipinski definition) is 1. The molecule has 4 nitrogen and oxygen atoms in total. The summed E-state index contributed by atoms with van der Waals surface area (Å²) >= 11 is 0. The van der Waals surface area contributed by atoms with E-state index in [1.165, 1.54) is 0 Å². The highest BCUT2D eigenvalue weighted by Gasteiger charge is 2.52. The first kappa shape index (κ1) is 13.9. The molecule has 19 heavy (non-hydrogen) atoms. The third-order valence-electron chi connectivity index (χ3n) is 3.79. The molecule has 1 aliphatic rings. The minimum atomic E-state index is -0.506. The van der Waals surface area contributed by atoms with Crippen LogP contribution < -0.4 is 11.3 Å². The van der Waals surface area contributed by atoms with Crippen LogP contribution in [0.25, 0.3) is 0 Å². The van der Waals surface area contributed by atoms with Gasteiger partial charge in [0.05, 0.1) is 22.5 Å². The van der Waals surface area contributed by atoms with E-state index in [2.05, 4.69) is 10.9 Å². The molecule has 0 amide bonds. The molecule has 0 bridgehead atoms. The van der Waals surface area contributed by atoms with Crippen molar-refractivity contribution < 1.29 is 9.31 Å². The lowest BCUT2D eigenvalue weighted by Gasteiger charge is -2.32. The standard InChI is InChI=1S/C14H19BN2O2/c1-6-7-10-8-11(16)9-17-12(10)15-18-13(2,3)14(4,5)19-15/h1,8-9H,7,16H2,2-5H3. The van der Waals surface area contributed by atoms with Gasteiger partial charge in [0, 0.05) is 12.6 Å². The van der Waals surface area contributed by atoms with Gasteiger partial charge in [-0.2, -0.15) is 0 Å². The van der Waals surface area contributed by atoms with Gasteiger partial charge in [-0.1, -0.05) is 0 Å². The maximum atomic E-state index is 5.98. The summed E-state index contributed by atoms with van der Waals surface area (Å²) in [5.41, 5.74) is 7.14. The Labute approximate surface area is 114 Å².